The second-order valence-electron chi connectivity index (χ2n) is 8.60. The monoisotopic (exact) mass is 473 g/mol. The van der Waals surface area contributed by atoms with Gasteiger partial charge in [-0.15, -0.1) is 0 Å². The quantitative estimate of drug-likeness (QED) is 0.458. The smallest absolute Gasteiger partial charge is 0.228 e. The highest BCUT2D eigenvalue weighted by molar-refractivity contribution is 5.48. The predicted octanol–water partition coefficient (Wildman–Crippen LogP) is 3.30. The van der Waals surface area contributed by atoms with E-state index < -0.39 is 11.6 Å². The largest absolute Gasteiger partial charge is 0.494 e. The van der Waals surface area contributed by atoms with Crippen molar-refractivity contribution in [1.29, 1.82) is 0 Å². The molecule has 2 aromatic heterocycles. The number of anilines is 2. The number of hydrogen-bond donors (Lipinski definition) is 3. The van der Waals surface area contributed by atoms with E-state index in [1.165, 1.54) is 32.5 Å². The van der Waals surface area contributed by atoms with E-state index in [0.29, 0.717) is 23.8 Å². The fourth-order valence-corrected chi connectivity index (χ4v) is 4.12. The highest BCUT2D eigenvalue weighted by Crippen LogP contribution is 2.27. The van der Waals surface area contributed by atoms with E-state index in [2.05, 4.69) is 49.5 Å². The van der Waals surface area contributed by atoms with Crippen molar-refractivity contribution in [2.75, 3.05) is 25.5 Å². The van der Waals surface area contributed by atoms with Crippen LogP contribution in [0.15, 0.2) is 24.5 Å². The van der Waals surface area contributed by atoms with Gasteiger partial charge in [-0.05, 0) is 32.4 Å². The Bertz CT molecular complexity index is 1110. The van der Waals surface area contributed by atoms with Crippen LogP contribution < -0.4 is 20.1 Å². The lowest BCUT2D eigenvalue weighted by molar-refractivity contribution is 0.165. The van der Waals surface area contributed by atoms with E-state index in [0.717, 1.165) is 25.3 Å². The molecule has 1 aliphatic rings. The summed E-state index contributed by atoms with van der Waals surface area (Å²) in [5.41, 5.74) is 1.05. The molecule has 11 heteroatoms. The third kappa shape index (κ3) is 5.60. The number of ether oxygens (including phenoxy) is 2. The molecule has 3 N–H and O–H groups in total. The molecule has 3 heterocycles. The maximum Gasteiger partial charge on any atom is 0.228 e. The number of H-pyrrole nitrogens is 1. The van der Waals surface area contributed by atoms with Crippen LogP contribution in [-0.4, -0.2) is 57.3 Å². The Morgan fingerprint density at radius 2 is 1.82 bits per heavy atom. The summed E-state index contributed by atoms with van der Waals surface area (Å²) >= 11 is 0. The fraction of sp³-hybridized carbons (Fsp3) is 0.435. The molecule has 4 rings (SSSR count). The maximum atomic E-state index is 14.4. The molecule has 1 aromatic carbocycles. The van der Waals surface area contributed by atoms with Gasteiger partial charge in [0.05, 0.1) is 30.8 Å². The number of aryl methyl sites for hydroxylation is 1. The van der Waals surface area contributed by atoms with Crippen molar-refractivity contribution in [1.82, 2.24) is 30.4 Å². The zero-order chi connectivity index (χ0) is 24.2. The minimum atomic E-state index is -0.788. The summed E-state index contributed by atoms with van der Waals surface area (Å²) in [5.74, 6) is -0.303. The Morgan fingerprint density at radius 3 is 2.50 bits per heavy atom. The first-order chi connectivity index (χ1) is 16.3. The molecule has 1 aliphatic heterocycles. The van der Waals surface area contributed by atoms with Crippen LogP contribution in [0.5, 0.6) is 11.5 Å². The molecule has 0 spiro atoms. The Morgan fingerprint density at radius 1 is 1.12 bits per heavy atom. The van der Waals surface area contributed by atoms with Crippen LogP contribution in [0.3, 0.4) is 0 Å². The van der Waals surface area contributed by atoms with Gasteiger partial charge in [-0.1, -0.05) is 0 Å². The summed E-state index contributed by atoms with van der Waals surface area (Å²) < 4.78 is 39.2. The third-order valence-corrected chi connectivity index (χ3v) is 5.57. The zero-order valence-electron chi connectivity index (χ0n) is 19.7. The molecule has 0 bridgehead atoms. The third-order valence-electron chi connectivity index (χ3n) is 5.57. The Labute approximate surface area is 196 Å². The summed E-state index contributed by atoms with van der Waals surface area (Å²) in [7, 11) is 1.33. The SMILES string of the molecule is COc1cc(C)c(F)c(COc2cnc(Nc3cc(CN4C[C@@H](C)N[C@@H](C)C4)[nH]n3)nc2)c1F. The molecular weight excluding hydrogens is 444 g/mol. The van der Waals surface area contributed by atoms with Gasteiger partial charge in [-0.3, -0.25) is 10.00 Å². The lowest BCUT2D eigenvalue weighted by Gasteiger charge is -2.35. The second kappa shape index (κ2) is 10.3. The average molecular weight is 474 g/mol. The maximum absolute atomic E-state index is 14.4. The van der Waals surface area contributed by atoms with E-state index in [4.69, 9.17) is 9.47 Å². The molecule has 9 nitrogen and oxygen atoms in total. The van der Waals surface area contributed by atoms with Crippen molar-refractivity contribution in [3.05, 3.63) is 53.0 Å². The topological polar surface area (TPSA) is 100 Å². The Hall–Kier alpha value is -3.31. The highest BCUT2D eigenvalue weighted by Gasteiger charge is 2.21. The van der Waals surface area contributed by atoms with Crippen molar-refractivity contribution in [2.45, 2.75) is 46.0 Å². The predicted molar refractivity (Wildman–Crippen MR) is 123 cm³/mol. The van der Waals surface area contributed by atoms with Crippen LogP contribution in [0, 0.1) is 18.6 Å². The van der Waals surface area contributed by atoms with Crippen molar-refractivity contribution < 1.29 is 18.3 Å². The molecule has 2 atom stereocenters. The minimum absolute atomic E-state index is 0.0346. The number of rotatable bonds is 8. The molecule has 34 heavy (non-hydrogen) atoms. The van der Waals surface area contributed by atoms with Crippen LogP contribution in [-0.2, 0) is 13.2 Å². The number of aromatic nitrogens is 4. The van der Waals surface area contributed by atoms with Gasteiger partial charge in [0.15, 0.2) is 23.1 Å². The van der Waals surface area contributed by atoms with E-state index >= 15 is 0 Å². The number of halogens is 2. The molecule has 0 amide bonds. The summed E-state index contributed by atoms with van der Waals surface area (Å²) in [6, 6.07) is 4.11. The van der Waals surface area contributed by atoms with E-state index in [9.17, 15) is 8.78 Å². The number of nitrogens with zero attached hydrogens (tertiary/aromatic N) is 4. The van der Waals surface area contributed by atoms with E-state index in [1.807, 2.05) is 6.07 Å². The fourth-order valence-electron chi connectivity index (χ4n) is 4.12. The first kappa shape index (κ1) is 23.8. The van der Waals surface area contributed by atoms with Crippen molar-refractivity contribution in [3.63, 3.8) is 0 Å². The molecule has 0 aliphatic carbocycles. The Kier molecular flexibility index (Phi) is 7.23. The summed E-state index contributed by atoms with van der Waals surface area (Å²) in [6.07, 6.45) is 2.85. The van der Waals surface area contributed by atoms with Gasteiger partial charge in [0.2, 0.25) is 5.95 Å². The number of hydrogen-bond acceptors (Lipinski definition) is 8. The normalized spacial score (nSPS) is 18.6. The van der Waals surface area contributed by atoms with Crippen LogP contribution in [0.25, 0.3) is 0 Å². The zero-order valence-corrected chi connectivity index (χ0v) is 19.7. The van der Waals surface area contributed by atoms with Crippen molar-refractivity contribution in [2.24, 2.45) is 0 Å². The minimum Gasteiger partial charge on any atom is -0.494 e. The summed E-state index contributed by atoms with van der Waals surface area (Å²) in [6.45, 7) is 8.29. The lowest BCUT2D eigenvalue weighted by atomic mass is 10.1. The van der Waals surface area contributed by atoms with Crippen LogP contribution in [0.4, 0.5) is 20.5 Å². The molecule has 182 valence electrons. The van der Waals surface area contributed by atoms with Gasteiger partial charge in [-0.25, -0.2) is 18.7 Å². The second-order valence-corrected chi connectivity index (χ2v) is 8.60. The standard InChI is InChI=1S/C23H29F2N7O2/c1-13-5-19(33-4)22(25)18(21(13)24)12-34-17-7-26-23(27-8-17)29-20-6-16(30-31-20)11-32-9-14(2)28-15(3)10-32/h5-8,14-15,28H,9-12H2,1-4H3,(H2,26,27,29,30,31)/t14-,15+. The number of methoxy groups -OCH3 is 1. The Balaban J connectivity index is 1.34. The molecule has 1 fully saturated rings. The number of nitrogens with one attached hydrogen (secondary N) is 3. The van der Waals surface area contributed by atoms with Gasteiger partial charge in [0.1, 0.15) is 12.4 Å². The van der Waals surface area contributed by atoms with Gasteiger partial charge in [0.25, 0.3) is 0 Å². The summed E-state index contributed by atoms with van der Waals surface area (Å²) in [4.78, 5) is 10.8. The van der Waals surface area contributed by atoms with E-state index in [1.54, 1.807) is 0 Å². The van der Waals surface area contributed by atoms with Crippen molar-refractivity contribution >= 4 is 11.8 Å². The van der Waals surface area contributed by atoms with Gasteiger partial charge < -0.3 is 20.1 Å². The van der Waals surface area contributed by atoms with Crippen LogP contribution in [0.2, 0.25) is 0 Å². The van der Waals surface area contributed by atoms with Crippen LogP contribution in [0.1, 0.15) is 30.7 Å². The van der Waals surface area contributed by atoms with Crippen LogP contribution >= 0.6 is 0 Å². The lowest BCUT2D eigenvalue weighted by Crippen LogP contribution is -2.53. The van der Waals surface area contributed by atoms with Gasteiger partial charge in [-0.2, -0.15) is 5.10 Å². The van der Waals surface area contributed by atoms with Crippen molar-refractivity contribution in [3.8, 4) is 11.5 Å². The van der Waals surface area contributed by atoms with Gasteiger partial charge in [0, 0.05) is 37.8 Å². The molecule has 0 unspecified atom stereocenters. The number of benzene rings is 1. The average Bonchev–Trinajstić information content (AvgIpc) is 3.23. The molecule has 0 saturated carbocycles. The van der Waals surface area contributed by atoms with E-state index in [-0.39, 0.29) is 29.2 Å². The number of aromatic amines is 1. The molecule has 3 aromatic rings. The highest BCUT2D eigenvalue weighted by atomic mass is 19.1. The summed E-state index contributed by atoms with van der Waals surface area (Å²) in [5, 5.41) is 13.9. The molecule has 1 saturated heterocycles. The first-order valence-electron chi connectivity index (χ1n) is 11.1. The van der Waals surface area contributed by atoms with Gasteiger partial charge >= 0.3 is 0 Å². The molecule has 0 radical (unpaired) electrons. The number of piperazine rings is 1. The molecular formula is C23H29F2N7O2. The first-order valence-corrected chi connectivity index (χ1v) is 11.1.